The highest BCUT2D eigenvalue weighted by atomic mass is 15.1. The molecule has 0 saturated carbocycles. The molecule has 0 unspecified atom stereocenters. The second kappa shape index (κ2) is 5.69. The predicted molar refractivity (Wildman–Crippen MR) is 79.1 cm³/mol. The van der Waals surface area contributed by atoms with Gasteiger partial charge in [-0.05, 0) is 19.4 Å². The number of nitrogens with two attached hydrogens (primary N) is 1. The largest absolute Gasteiger partial charge is 0.383 e. The molecule has 0 saturated heterocycles. The van der Waals surface area contributed by atoms with Gasteiger partial charge in [0.15, 0.2) is 0 Å². The van der Waals surface area contributed by atoms with E-state index in [1.54, 1.807) is 0 Å². The highest BCUT2D eigenvalue weighted by Crippen LogP contribution is 2.18. The molecule has 0 aliphatic heterocycles. The second-order valence-corrected chi connectivity index (χ2v) is 4.69. The third-order valence-corrected chi connectivity index (χ3v) is 3.09. The summed E-state index contributed by atoms with van der Waals surface area (Å²) in [5.41, 5.74) is 9.29. The summed E-state index contributed by atoms with van der Waals surface area (Å²) in [6.07, 6.45) is 0.781. The van der Waals surface area contributed by atoms with Crippen LogP contribution in [-0.2, 0) is 13.0 Å². The molecule has 1 heterocycles. The first-order chi connectivity index (χ1) is 9.10. The standard InChI is InChI=1S/C15H20N4/c1-4-13-18-14(16)11(3)15(19-13)17-9-12-7-5-6-10(2)8-12/h5-8H,4,9H2,1-3H3,(H3,16,17,18,19). The molecule has 1 aromatic carbocycles. The molecule has 0 amide bonds. The molecule has 0 aliphatic carbocycles. The number of anilines is 2. The SMILES string of the molecule is CCc1nc(N)c(C)c(NCc2cccc(C)c2)n1. The van der Waals surface area contributed by atoms with Crippen molar-refractivity contribution in [2.45, 2.75) is 33.7 Å². The van der Waals surface area contributed by atoms with E-state index >= 15 is 0 Å². The Morgan fingerprint density at radius 3 is 2.68 bits per heavy atom. The van der Waals surface area contributed by atoms with Crippen LogP contribution in [0, 0.1) is 13.8 Å². The summed E-state index contributed by atoms with van der Waals surface area (Å²) >= 11 is 0. The quantitative estimate of drug-likeness (QED) is 0.883. The lowest BCUT2D eigenvalue weighted by molar-refractivity contribution is 0.928. The van der Waals surface area contributed by atoms with E-state index in [1.807, 2.05) is 13.8 Å². The number of aromatic nitrogens is 2. The van der Waals surface area contributed by atoms with Gasteiger partial charge in [-0.2, -0.15) is 0 Å². The number of nitrogens with one attached hydrogen (secondary N) is 1. The van der Waals surface area contributed by atoms with Gasteiger partial charge in [-0.25, -0.2) is 9.97 Å². The molecule has 100 valence electrons. The molecular weight excluding hydrogens is 236 g/mol. The van der Waals surface area contributed by atoms with Gasteiger partial charge in [0.25, 0.3) is 0 Å². The van der Waals surface area contributed by atoms with Gasteiger partial charge in [0.2, 0.25) is 0 Å². The molecule has 19 heavy (non-hydrogen) atoms. The van der Waals surface area contributed by atoms with E-state index in [9.17, 15) is 0 Å². The van der Waals surface area contributed by atoms with Crippen molar-refractivity contribution in [1.29, 1.82) is 0 Å². The van der Waals surface area contributed by atoms with Crippen molar-refractivity contribution >= 4 is 11.6 Å². The minimum Gasteiger partial charge on any atom is -0.383 e. The van der Waals surface area contributed by atoms with E-state index in [0.29, 0.717) is 5.82 Å². The number of hydrogen-bond acceptors (Lipinski definition) is 4. The Hall–Kier alpha value is -2.10. The lowest BCUT2D eigenvalue weighted by Crippen LogP contribution is -2.09. The normalized spacial score (nSPS) is 10.5. The molecule has 0 radical (unpaired) electrons. The maximum absolute atomic E-state index is 5.90. The molecule has 4 heteroatoms. The van der Waals surface area contributed by atoms with E-state index in [0.717, 1.165) is 30.2 Å². The Morgan fingerprint density at radius 2 is 2.00 bits per heavy atom. The van der Waals surface area contributed by atoms with Crippen LogP contribution in [0.15, 0.2) is 24.3 Å². The molecule has 0 aliphatic rings. The number of nitrogen functional groups attached to an aromatic ring is 1. The van der Waals surface area contributed by atoms with Crippen molar-refractivity contribution in [1.82, 2.24) is 9.97 Å². The zero-order valence-corrected chi connectivity index (χ0v) is 11.7. The van der Waals surface area contributed by atoms with Crippen LogP contribution in [0.1, 0.15) is 29.4 Å². The average molecular weight is 256 g/mol. The van der Waals surface area contributed by atoms with E-state index in [4.69, 9.17) is 5.73 Å². The van der Waals surface area contributed by atoms with Crippen LogP contribution in [0.4, 0.5) is 11.6 Å². The molecule has 0 bridgehead atoms. The number of rotatable bonds is 4. The highest BCUT2D eigenvalue weighted by molar-refractivity contribution is 5.55. The Labute approximate surface area is 114 Å². The summed E-state index contributed by atoms with van der Waals surface area (Å²) in [5, 5.41) is 3.34. The van der Waals surface area contributed by atoms with Crippen LogP contribution in [-0.4, -0.2) is 9.97 Å². The van der Waals surface area contributed by atoms with Gasteiger partial charge in [0.05, 0.1) is 0 Å². The average Bonchev–Trinajstić information content (AvgIpc) is 2.40. The van der Waals surface area contributed by atoms with Gasteiger partial charge in [-0.1, -0.05) is 36.8 Å². The van der Waals surface area contributed by atoms with Gasteiger partial charge in [-0.3, -0.25) is 0 Å². The van der Waals surface area contributed by atoms with Crippen molar-refractivity contribution in [2.24, 2.45) is 0 Å². The maximum Gasteiger partial charge on any atom is 0.135 e. The summed E-state index contributed by atoms with van der Waals surface area (Å²) in [5.74, 6) is 2.15. The van der Waals surface area contributed by atoms with Crippen LogP contribution in [0.5, 0.6) is 0 Å². The number of hydrogen-bond donors (Lipinski definition) is 2. The van der Waals surface area contributed by atoms with Gasteiger partial charge in [0, 0.05) is 18.5 Å². The van der Waals surface area contributed by atoms with Crippen LogP contribution < -0.4 is 11.1 Å². The van der Waals surface area contributed by atoms with Gasteiger partial charge in [0.1, 0.15) is 17.5 Å². The third-order valence-electron chi connectivity index (χ3n) is 3.09. The zero-order valence-electron chi connectivity index (χ0n) is 11.7. The Morgan fingerprint density at radius 1 is 1.21 bits per heavy atom. The Balaban J connectivity index is 2.17. The van der Waals surface area contributed by atoms with Gasteiger partial charge >= 0.3 is 0 Å². The van der Waals surface area contributed by atoms with Crippen molar-refractivity contribution in [3.63, 3.8) is 0 Å². The van der Waals surface area contributed by atoms with Crippen LogP contribution in [0.3, 0.4) is 0 Å². The summed E-state index contributed by atoms with van der Waals surface area (Å²) in [6.45, 7) is 6.79. The third kappa shape index (κ3) is 3.22. The topological polar surface area (TPSA) is 63.8 Å². The summed E-state index contributed by atoms with van der Waals surface area (Å²) in [7, 11) is 0. The number of benzene rings is 1. The molecule has 0 spiro atoms. The highest BCUT2D eigenvalue weighted by Gasteiger charge is 2.07. The van der Waals surface area contributed by atoms with Crippen LogP contribution in [0.25, 0.3) is 0 Å². The zero-order chi connectivity index (χ0) is 13.8. The minimum absolute atomic E-state index is 0.554. The van der Waals surface area contributed by atoms with Crippen molar-refractivity contribution in [3.8, 4) is 0 Å². The van der Waals surface area contributed by atoms with Crippen molar-refractivity contribution < 1.29 is 0 Å². The number of nitrogens with zero attached hydrogens (tertiary/aromatic N) is 2. The lowest BCUT2D eigenvalue weighted by atomic mass is 10.1. The maximum atomic E-state index is 5.90. The van der Waals surface area contributed by atoms with E-state index in [2.05, 4.69) is 46.5 Å². The molecule has 4 nitrogen and oxygen atoms in total. The fourth-order valence-electron chi connectivity index (χ4n) is 1.92. The van der Waals surface area contributed by atoms with Crippen molar-refractivity contribution in [2.75, 3.05) is 11.1 Å². The Kier molecular flexibility index (Phi) is 4.00. The minimum atomic E-state index is 0.554. The first kappa shape index (κ1) is 13.3. The van der Waals surface area contributed by atoms with Gasteiger partial charge < -0.3 is 11.1 Å². The smallest absolute Gasteiger partial charge is 0.135 e. The Bertz CT molecular complexity index is 578. The lowest BCUT2D eigenvalue weighted by Gasteiger charge is -2.11. The van der Waals surface area contributed by atoms with Crippen LogP contribution in [0.2, 0.25) is 0 Å². The van der Waals surface area contributed by atoms with E-state index < -0.39 is 0 Å². The summed E-state index contributed by atoms with van der Waals surface area (Å²) in [6, 6.07) is 8.41. The molecular formula is C15H20N4. The summed E-state index contributed by atoms with van der Waals surface area (Å²) in [4.78, 5) is 8.73. The summed E-state index contributed by atoms with van der Waals surface area (Å²) < 4.78 is 0. The molecule has 1 aromatic heterocycles. The molecule has 2 rings (SSSR count). The van der Waals surface area contributed by atoms with Crippen LogP contribution >= 0.6 is 0 Å². The molecule has 3 N–H and O–H groups in total. The fourth-order valence-corrected chi connectivity index (χ4v) is 1.92. The first-order valence-electron chi connectivity index (χ1n) is 6.52. The molecule has 2 aromatic rings. The van der Waals surface area contributed by atoms with Crippen molar-refractivity contribution in [3.05, 3.63) is 46.8 Å². The van der Waals surface area contributed by atoms with E-state index in [-0.39, 0.29) is 0 Å². The molecule has 0 atom stereocenters. The monoisotopic (exact) mass is 256 g/mol. The fraction of sp³-hybridized carbons (Fsp3) is 0.333. The van der Waals surface area contributed by atoms with Gasteiger partial charge in [-0.15, -0.1) is 0 Å². The second-order valence-electron chi connectivity index (χ2n) is 4.69. The first-order valence-corrected chi connectivity index (χ1v) is 6.52. The number of aryl methyl sites for hydroxylation is 2. The van der Waals surface area contributed by atoms with E-state index in [1.165, 1.54) is 11.1 Å². The predicted octanol–water partition coefficient (Wildman–Crippen LogP) is 2.85. The molecule has 0 fully saturated rings.